The molecule has 4 nitrogen and oxygen atoms in total. The van der Waals surface area contributed by atoms with Crippen LogP contribution in [0.3, 0.4) is 0 Å². The Hall–Kier alpha value is -2.62. The second-order valence-corrected chi connectivity index (χ2v) is 4.61. The van der Waals surface area contributed by atoms with Gasteiger partial charge >= 0.3 is 0 Å². The Labute approximate surface area is 118 Å². The monoisotopic (exact) mass is 264 g/mol. The molecule has 2 heterocycles. The third kappa shape index (κ3) is 3.23. The fraction of sp³-hybridized carbons (Fsp3) is 0.125. The van der Waals surface area contributed by atoms with Crippen LogP contribution in [0.2, 0.25) is 0 Å². The maximum atomic E-state index is 4.22. The van der Waals surface area contributed by atoms with Gasteiger partial charge in [-0.2, -0.15) is 5.10 Å². The number of pyridine rings is 1. The number of anilines is 1. The third-order valence-corrected chi connectivity index (χ3v) is 3.08. The molecule has 1 N–H and O–H groups in total. The van der Waals surface area contributed by atoms with E-state index in [1.165, 1.54) is 11.1 Å². The van der Waals surface area contributed by atoms with E-state index in [4.69, 9.17) is 0 Å². The Kier molecular flexibility index (Phi) is 3.73. The Morgan fingerprint density at radius 2 is 1.85 bits per heavy atom. The lowest BCUT2D eigenvalue weighted by atomic mass is 10.2. The largest absolute Gasteiger partial charge is 0.381 e. The van der Waals surface area contributed by atoms with Crippen LogP contribution in [-0.4, -0.2) is 14.8 Å². The molecule has 0 aliphatic heterocycles. The Bertz CT molecular complexity index is 647. The number of rotatable bonds is 5. The van der Waals surface area contributed by atoms with Gasteiger partial charge in [-0.3, -0.25) is 9.67 Å². The topological polar surface area (TPSA) is 42.7 Å². The van der Waals surface area contributed by atoms with E-state index in [2.05, 4.69) is 39.7 Å². The second-order valence-electron chi connectivity index (χ2n) is 4.61. The summed E-state index contributed by atoms with van der Waals surface area (Å²) in [7, 11) is 0. The van der Waals surface area contributed by atoms with Crippen LogP contribution in [-0.2, 0) is 13.1 Å². The first kappa shape index (κ1) is 12.4. The Balaban J connectivity index is 1.65. The number of nitrogens with zero attached hydrogens (tertiary/aromatic N) is 3. The minimum absolute atomic E-state index is 0.789. The van der Waals surface area contributed by atoms with Crippen molar-refractivity contribution in [3.05, 3.63) is 78.4 Å². The van der Waals surface area contributed by atoms with Gasteiger partial charge in [0.05, 0.1) is 6.54 Å². The lowest BCUT2D eigenvalue weighted by Crippen LogP contribution is -2.02. The standard InChI is InChI=1S/C16H16N4/c1-3-15(13-20-10-2-7-19-20)11-16(4-1)18-12-14-5-8-17-9-6-14/h1-11,18H,12-13H2. The highest BCUT2D eigenvalue weighted by Crippen LogP contribution is 2.13. The number of hydrogen-bond acceptors (Lipinski definition) is 3. The third-order valence-electron chi connectivity index (χ3n) is 3.08. The number of benzene rings is 1. The van der Waals surface area contributed by atoms with Crippen molar-refractivity contribution in [3.8, 4) is 0 Å². The zero-order chi connectivity index (χ0) is 13.6. The van der Waals surface area contributed by atoms with Gasteiger partial charge in [-0.05, 0) is 41.5 Å². The summed E-state index contributed by atoms with van der Waals surface area (Å²) in [6, 6.07) is 14.4. The molecule has 0 amide bonds. The lowest BCUT2D eigenvalue weighted by molar-refractivity contribution is 0.687. The summed E-state index contributed by atoms with van der Waals surface area (Å²) in [4.78, 5) is 4.02. The van der Waals surface area contributed by atoms with Gasteiger partial charge in [0.2, 0.25) is 0 Å². The molecule has 3 rings (SSSR count). The van der Waals surface area contributed by atoms with Crippen molar-refractivity contribution in [2.75, 3.05) is 5.32 Å². The molecule has 4 heteroatoms. The van der Waals surface area contributed by atoms with Crippen LogP contribution in [0, 0.1) is 0 Å². The van der Waals surface area contributed by atoms with E-state index in [9.17, 15) is 0 Å². The molecule has 0 saturated carbocycles. The summed E-state index contributed by atoms with van der Waals surface area (Å²) < 4.78 is 1.92. The summed E-state index contributed by atoms with van der Waals surface area (Å²) in [6.45, 7) is 1.59. The van der Waals surface area contributed by atoms with Crippen molar-refractivity contribution in [3.63, 3.8) is 0 Å². The van der Waals surface area contributed by atoms with Gasteiger partial charge in [0.15, 0.2) is 0 Å². The molecule has 2 aromatic heterocycles. The summed E-state index contributed by atoms with van der Waals surface area (Å²) in [6.07, 6.45) is 7.39. The first-order valence-corrected chi connectivity index (χ1v) is 6.59. The van der Waals surface area contributed by atoms with Gasteiger partial charge in [0.1, 0.15) is 0 Å². The van der Waals surface area contributed by atoms with Gasteiger partial charge in [0.25, 0.3) is 0 Å². The van der Waals surface area contributed by atoms with E-state index in [0.717, 1.165) is 18.8 Å². The summed E-state index contributed by atoms with van der Waals surface area (Å²) in [5.41, 5.74) is 3.57. The molecule has 1 aromatic carbocycles. The highest BCUT2D eigenvalue weighted by Gasteiger charge is 1.98. The van der Waals surface area contributed by atoms with Crippen LogP contribution in [0.15, 0.2) is 67.3 Å². The normalized spacial score (nSPS) is 10.4. The summed E-state index contributed by atoms with van der Waals surface area (Å²) in [5, 5.41) is 7.65. The Morgan fingerprint density at radius 3 is 2.65 bits per heavy atom. The average Bonchev–Trinajstić information content (AvgIpc) is 3.00. The van der Waals surface area contributed by atoms with Gasteiger partial charge in [0, 0.05) is 37.0 Å². The minimum Gasteiger partial charge on any atom is -0.381 e. The van der Waals surface area contributed by atoms with Crippen molar-refractivity contribution in [2.24, 2.45) is 0 Å². The van der Waals surface area contributed by atoms with E-state index in [0.29, 0.717) is 0 Å². The predicted octanol–water partition coefficient (Wildman–Crippen LogP) is 2.94. The second kappa shape index (κ2) is 6.02. The maximum absolute atomic E-state index is 4.22. The van der Waals surface area contributed by atoms with Crippen LogP contribution in [0.1, 0.15) is 11.1 Å². The molecule has 100 valence electrons. The van der Waals surface area contributed by atoms with E-state index in [1.54, 1.807) is 6.20 Å². The quantitative estimate of drug-likeness (QED) is 0.770. The zero-order valence-electron chi connectivity index (χ0n) is 11.1. The van der Waals surface area contributed by atoms with Crippen molar-refractivity contribution < 1.29 is 0 Å². The van der Waals surface area contributed by atoms with Crippen molar-refractivity contribution in [1.82, 2.24) is 14.8 Å². The molecular formula is C16H16N4. The van der Waals surface area contributed by atoms with Gasteiger partial charge < -0.3 is 5.32 Å². The number of aromatic nitrogens is 3. The molecule has 0 fully saturated rings. The van der Waals surface area contributed by atoms with Crippen molar-refractivity contribution >= 4 is 5.69 Å². The van der Waals surface area contributed by atoms with E-state index in [1.807, 2.05) is 41.5 Å². The van der Waals surface area contributed by atoms with Crippen LogP contribution in [0.25, 0.3) is 0 Å². The molecule has 0 atom stereocenters. The summed E-state index contributed by atoms with van der Waals surface area (Å²) >= 11 is 0. The van der Waals surface area contributed by atoms with Crippen LogP contribution >= 0.6 is 0 Å². The van der Waals surface area contributed by atoms with Crippen molar-refractivity contribution in [1.29, 1.82) is 0 Å². The highest BCUT2D eigenvalue weighted by atomic mass is 15.3. The smallest absolute Gasteiger partial charge is 0.0660 e. The molecule has 0 bridgehead atoms. The average molecular weight is 264 g/mol. The first-order valence-electron chi connectivity index (χ1n) is 6.59. The van der Waals surface area contributed by atoms with Crippen LogP contribution < -0.4 is 5.32 Å². The van der Waals surface area contributed by atoms with Gasteiger partial charge in [-0.1, -0.05) is 12.1 Å². The lowest BCUT2D eigenvalue weighted by Gasteiger charge is -2.08. The van der Waals surface area contributed by atoms with Crippen LogP contribution in [0.4, 0.5) is 5.69 Å². The SMILES string of the molecule is c1cc(Cn2cccn2)cc(NCc2ccncc2)c1. The molecule has 0 aliphatic rings. The fourth-order valence-corrected chi connectivity index (χ4v) is 2.07. The Morgan fingerprint density at radius 1 is 0.950 bits per heavy atom. The zero-order valence-corrected chi connectivity index (χ0v) is 11.1. The first-order chi connectivity index (χ1) is 9.90. The maximum Gasteiger partial charge on any atom is 0.0660 e. The van der Waals surface area contributed by atoms with Crippen LogP contribution in [0.5, 0.6) is 0 Å². The highest BCUT2D eigenvalue weighted by molar-refractivity contribution is 5.46. The predicted molar refractivity (Wildman–Crippen MR) is 79.3 cm³/mol. The molecule has 0 aliphatic carbocycles. The van der Waals surface area contributed by atoms with Gasteiger partial charge in [-0.15, -0.1) is 0 Å². The molecule has 0 spiro atoms. The molecule has 20 heavy (non-hydrogen) atoms. The van der Waals surface area contributed by atoms with E-state index >= 15 is 0 Å². The van der Waals surface area contributed by atoms with Crippen molar-refractivity contribution in [2.45, 2.75) is 13.1 Å². The van der Waals surface area contributed by atoms with Gasteiger partial charge in [-0.25, -0.2) is 0 Å². The van der Waals surface area contributed by atoms with E-state index in [-0.39, 0.29) is 0 Å². The molecule has 0 unspecified atom stereocenters. The fourth-order valence-electron chi connectivity index (χ4n) is 2.07. The summed E-state index contributed by atoms with van der Waals surface area (Å²) in [5.74, 6) is 0. The molecule has 3 aromatic rings. The number of nitrogens with one attached hydrogen (secondary N) is 1. The van der Waals surface area contributed by atoms with E-state index < -0.39 is 0 Å². The molecule has 0 saturated heterocycles. The molecular weight excluding hydrogens is 248 g/mol. The molecule has 0 radical (unpaired) electrons. The minimum atomic E-state index is 0.789. The number of hydrogen-bond donors (Lipinski definition) is 1.